The lowest BCUT2D eigenvalue weighted by Gasteiger charge is -2.38. The van der Waals surface area contributed by atoms with Crippen LogP contribution < -0.4 is 5.32 Å². The topological polar surface area (TPSA) is 55.6 Å². The van der Waals surface area contributed by atoms with Gasteiger partial charge in [0, 0.05) is 0 Å². The summed E-state index contributed by atoms with van der Waals surface area (Å²) in [6.45, 7) is 7.23. The first-order valence-corrected chi connectivity index (χ1v) is 6.19. The van der Waals surface area contributed by atoms with Gasteiger partial charge in [-0.15, -0.1) is 5.10 Å². The van der Waals surface area contributed by atoms with Crippen molar-refractivity contribution in [2.45, 2.75) is 52.6 Å². The summed E-state index contributed by atoms with van der Waals surface area (Å²) in [7, 11) is 0. The molecule has 0 bridgehead atoms. The molecule has 0 radical (unpaired) electrons. The van der Waals surface area contributed by atoms with E-state index in [4.69, 9.17) is 0 Å². The Balaban J connectivity index is 1.90. The number of hydrogen-bond acceptors (Lipinski definition) is 4. The zero-order valence-corrected chi connectivity index (χ0v) is 10.2. The van der Waals surface area contributed by atoms with Crippen LogP contribution in [0.4, 0.5) is 0 Å². The highest BCUT2D eigenvalue weighted by atomic mass is 15.5. The number of aromatic nitrogens is 4. The number of nitrogens with one attached hydrogen (secondary N) is 1. The molecule has 0 saturated heterocycles. The molecule has 5 nitrogen and oxygen atoms in total. The zero-order valence-electron chi connectivity index (χ0n) is 10.2. The van der Waals surface area contributed by atoms with Gasteiger partial charge in [-0.3, -0.25) is 0 Å². The van der Waals surface area contributed by atoms with Crippen LogP contribution in [0.2, 0.25) is 0 Å². The Hall–Kier alpha value is -0.970. The molecule has 90 valence electrons. The van der Waals surface area contributed by atoms with Crippen molar-refractivity contribution in [3.8, 4) is 0 Å². The molecule has 2 rings (SSSR count). The summed E-state index contributed by atoms with van der Waals surface area (Å²) in [6.07, 6.45) is 5.09. The predicted molar refractivity (Wildman–Crippen MR) is 61.8 cm³/mol. The van der Waals surface area contributed by atoms with Crippen LogP contribution in [0.25, 0.3) is 0 Å². The average Bonchev–Trinajstić information content (AvgIpc) is 2.64. The van der Waals surface area contributed by atoms with E-state index >= 15 is 0 Å². The maximum absolute atomic E-state index is 4.08. The second-order valence-electron chi connectivity index (χ2n) is 5.09. The van der Waals surface area contributed by atoms with Crippen molar-refractivity contribution in [3.05, 3.63) is 5.82 Å². The van der Waals surface area contributed by atoms with Crippen molar-refractivity contribution < 1.29 is 0 Å². The van der Waals surface area contributed by atoms with Gasteiger partial charge in [0.25, 0.3) is 0 Å². The number of rotatable bonds is 6. The van der Waals surface area contributed by atoms with Crippen molar-refractivity contribution in [3.63, 3.8) is 0 Å². The molecule has 1 aliphatic rings. The van der Waals surface area contributed by atoms with E-state index in [2.05, 4.69) is 34.7 Å². The van der Waals surface area contributed by atoms with Crippen LogP contribution in [-0.2, 0) is 13.1 Å². The number of nitrogens with zero attached hydrogens (tertiary/aromatic N) is 4. The normalized spacial score (nSPS) is 18.4. The lowest BCUT2D eigenvalue weighted by atomic mass is 9.70. The Kier molecular flexibility index (Phi) is 3.53. The molecule has 1 N–H and O–H groups in total. The molecule has 0 unspecified atom stereocenters. The molecule has 1 aromatic heterocycles. The zero-order chi connectivity index (χ0) is 11.4. The Morgan fingerprint density at radius 3 is 2.88 bits per heavy atom. The molecule has 0 amide bonds. The van der Waals surface area contributed by atoms with Gasteiger partial charge >= 0.3 is 0 Å². The van der Waals surface area contributed by atoms with Crippen molar-refractivity contribution in [2.24, 2.45) is 5.41 Å². The van der Waals surface area contributed by atoms with Crippen LogP contribution in [0.3, 0.4) is 0 Å². The average molecular weight is 223 g/mol. The highest BCUT2D eigenvalue weighted by molar-refractivity contribution is 4.87. The van der Waals surface area contributed by atoms with Crippen LogP contribution in [-0.4, -0.2) is 26.8 Å². The van der Waals surface area contributed by atoms with Crippen molar-refractivity contribution in [1.82, 2.24) is 25.5 Å². The fraction of sp³-hybridized carbons (Fsp3) is 0.909. The first-order chi connectivity index (χ1) is 7.73. The van der Waals surface area contributed by atoms with E-state index in [1.165, 1.54) is 19.3 Å². The second kappa shape index (κ2) is 4.91. The monoisotopic (exact) mass is 223 g/mol. The Morgan fingerprint density at radius 2 is 2.25 bits per heavy atom. The van der Waals surface area contributed by atoms with E-state index in [0.29, 0.717) is 5.41 Å². The van der Waals surface area contributed by atoms with Crippen molar-refractivity contribution in [1.29, 1.82) is 0 Å². The maximum atomic E-state index is 4.08. The first-order valence-electron chi connectivity index (χ1n) is 6.19. The highest BCUT2D eigenvalue weighted by Crippen LogP contribution is 2.41. The molecular weight excluding hydrogens is 202 g/mol. The van der Waals surface area contributed by atoms with Gasteiger partial charge in [0.05, 0.1) is 13.1 Å². The third-order valence-corrected chi connectivity index (χ3v) is 3.41. The third kappa shape index (κ3) is 2.58. The van der Waals surface area contributed by atoms with Gasteiger partial charge in [-0.1, -0.05) is 20.3 Å². The Bertz CT molecular complexity index is 329. The SMILES string of the molecule is CCCNCc1nnnn1CC1(C)CCC1. The Morgan fingerprint density at radius 1 is 1.44 bits per heavy atom. The van der Waals surface area contributed by atoms with E-state index in [0.717, 1.165) is 31.9 Å². The van der Waals surface area contributed by atoms with Crippen molar-refractivity contribution >= 4 is 0 Å². The van der Waals surface area contributed by atoms with Crippen LogP contribution in [0, 0.1) is 5.41 Å². The smallest absolute Gasteiger partial charge is 0.165 e. The molecule has 1 heterocycles. The minimum absolute atomic E-state index is 0.425. The molecule has 1 aromatic rings. The summed E-state index contributed by atoms with van der Waals surface area (Å²) in [4.78, 5) is 0. The van der Waals surface area contributed by atoms with Gasteiger partial charge < -0.3 is 5.32 Å². The van der Waals surface area contributed by atoms with Gasteiger partial charge in [0.1, 0.15) is 0 Å². The summed E-state index contributed by atoms with van der Waals surface area (Å²) in [5, 5.41) is 15.3. The standard InChI is InChI=1S/C11H21N5/c1-3-7-12-8-10-13-14-15-16(10)9-11(2)5-4-6-11/h12H,3-9H2,1-2H3. The van der Waals surface area contributed by atoms with Gasteiger partial charge in [-0.05, 0) is 41.6 Å². The Labute approximate surface area is 96.6 Å². The van der Waals surface area contributed by atoms with Crippen molar-refractivity contribution in [2.75, 3.05) is 6.54 Å². The fourth-order valence-electron chi connectivity index (χ4n) is 2.15. The molecule has 0 atom stereocenters. The molecule has 5 heteroatoms. The van der Waals surface area contributed by atoms with E-state index < -0.39 is 0 Å². The molecule has 1 saturated carbocycles. The van der Waals surface area contributed by atoms with Gasteiger partial charge in [-0.25, -0.2) is 4.68 Å². The summed E-state index contributed by atoms with van der Waals surface area (Å²) in [6, 6.07) is 0. The van der Waals surface area contributed by atoms with E-state index in [1.54, 1.807) is 0 Å². The molecule has 0 aromatic carbocycles. The fourth-order valence-corrected chi connectivity index (χ4v) is 2.15. The lowest BCUT2D eigenvalue weighted by molar-refractivity contribution is 0.123. The van der Waals surface area contributed by atoms with E-state index in [1.807, 2.05) is 4.68 Å². The van der Waals surface area contributed by atoms with Gasteiger partial charge in [-0.2, -0.15) is 0 Å². The quantitative estimate of drug-likeness (QED) is 0.740. The van der Waals surface area contributed by atoms with Crippen LogP contribution in [0.15, 0.2) is 0 Å². The molecule has 16 heavy (non-hydrogen) atoms. The molecule has 1 fully saturated rings. The third-order valence-electron chi connectivity index (χ3n) is 3.41. The summed E-state index contributed by atoms with van der Waals surface area (Å²) in [5.74, 6) is 0.960. The van der Waals surface area contributed by atoms with Gasteiger partial charge in [0.15, 0.2) is 5.82 Å². The molecular formula is C11H21N5. The van der Waals surface area contributed by atoms with Crippen LogP contribution >= 0.6 is 0 Å². The van der Waals surface area contributed by atoms with E-state index in [-0.39, 0.29) is 0 Å². The number of tetrazole rings is 1. The second-order valence-corrected chi connectivity index (χ2v) is 5.09. The van der Waals surface area contributed by atoms with Crippen LogP contribution in [0.1, 0.15) is 45.4 Å². The van der Waals surface area contributed by atoms with Gasteiger partial charge in [0.2, 0.25) is 0 Å². The molecule has 1 aliphatic carbocycles. The molecule has 0 aliphatic heterocycles. The first kappa shape index (κ1) is 11.5. The summed E-state index contributed by atoms with van der Waals surface area (Å²) >= 11 is 0. The largest absolute Gasteiger partial charge is 0.310 e. The summed E-state index contributed by atoms with van der Waals surface area (Å²) in [5.41, 5.74) is 0.425. The van der Waals surface area contributed by atoms with Crippen LogP contribution in [0.5, 0.6) is 0 Å². The molecule has 0 spiro atoms. The number of hydrogen-bond donors (Lipinski definition) is 1. The van der Waals surface area contributed by atoms with E-state index in [9.17, 15) is 0 Å². The minimum Gasteiger partial charge on any atom is -0.310 e. The lowest BCUT2D eigenvalue weighted by Crippen LogP contribution is -2.32. The summed E-state index contributed by atoms with van der Waals surface area (Å²) < 4.78 is 1.96. The minimum atomic E-state index is 0.425. The predicted octanol–water partition coefficient (Wildman–Crippen LogP) is 1.36. The highest BCUT2D eigenvalue weighted by Gasteiger charge is 2.33. The maximum Gasteiger partial charge on any atom is 0.165 e.